The van der Waals surface area contributed by atoms with Crippen LogP contribution in [0.3, 0.4) is 0 Å². The van der Waals surface area contributed by atoms with Crippen molar-refractivity contribution in [3.8, 4) is 11.1 Å². The number of amides is 2. The van der Waals surface area contributed by atoms with E-state index in [1.807, 2.05) is 0 Å². The lowest BCUT2D eigenvalue weighted by Crippen LogP contribution is -2.41. The van der Waals surface area contributed by atoms with E-state index in [1.54, 1.807) is 31.3 Å². The topological polar surface area (TPSA) is 118 Å². The summed E-state index contributed by atoms with van der Waals surface area (Å²) in [6.45, 7) is 1.47. The minimum atomic E-state index is -3.90. The summed E-state index contributed by atoms with van der Waals surface area (Å²) in [6.07, 6.45) is 4.30. The maximum Gasteiger partial charge on any atom is 0.245 e. The van der Waals surface area contributed by atoms with Crippen molar-refractivity contribution in [3.63, 3.8) is 0 Å². The number of aryl methyl sites for hydroxylation is 1. The fraction of sp³-hybridized carbons (Fsp3) is 0.333. The first-order valence-corrected chi connectivity index (χ1v) is 12.7. The van der Waals surface area contributed by atoms with Crippen molar-refractivity contribution in [1.82, 2.24) is 20.6 Å². The summed E-state index contributed by atoms with van der Waals surface area (Å²) in [5, 5.41) is 3.52. The van der Waals surface area contributed by atoms with E-state index in [1.165, 1.54) is 6.07 Å². The van der Waals surface area contributed by atoms with Crippen molar-refractivity contribution in [2.75, 3.05) is 12.8 Å². The van der Waals surface area contributed by atoms with E-state index in [9.17, 15) is 22.4 Å². The van der Waals surface area contributed by atoms with Crippen molar-refractivity contribution < 1.29 is 22.4 Å². The highest BCUT2D eigenvalue weighted by molar-refractivity contribution is 7.91. The second-order valence-corrected chi connectivity index (χ2v) is 11.0. The summed E-state index contributed by atoms with van der Waals surface area (Å²) in [6, 6.07) is 6.36. The first-order valence-electron chi connectivity index (χ1n) is 9.91. The van der Waals surface area contributed by atoms with Gasteiger partial charge < -0.3 is 10.6 Å². The van der Waals surface area contributed by atoms with Crippen molar-refractivity contribution in [1.29, 1.82) is 0 Å². The zero-order valence-corrected chi connectivity index (χ0v) is 19.0. The highest BCUT2D eigenvalue weighted by atomic mass is 32.2. The summed E-state index contributed by atoms with van der Waals surface area (Å²) in [5.74, 6) is -1.74. The van der Waals surface area contributed by atoms with Crippen LogP contribution < -0.4 is 10.6 Å². The van der Waals surface area contributed by atoms with Gasteiger partial charge >= 0.3 is 0 Å². The number of nitrogens with zero attached hydrogens (tertiary/aromatic N) is 2. The lowest BCUT2D eigenvalue weighted by Gasteiger charge is -2.12. The third-order valence-electron chi connectivity index (χ3n) is 4.96. The van der Waals surface area contributed by atoms with Crippen LogP contribution in [0.15, 0.2) is 30.5 Å². The first-order chi connectivity index (χ1) is 15.1. The van der Waals surface area contributed by atoms with Crippen molar-refractivity contribution >= 4 is 43.2 Å². The highest BCUT2D eigenvalue weighted by Crippen LogP contribution is 2.35. The van der Waals surface area contributed by atoms with Crippen LogP contribution >= 0.6 is 11.3 Å². The Morgan fingerprint density at radius 1 is 1.28 bits per heavy atom. The van der Waals surface area contributed by atoms with Crippen LogP contribution in [-0.2, 0) is 19.4 Å². The number of thiazole rings is 1. The molecule has 1 fully saturated rings. The van der Waals surface area contributed by atoms with Gasteiger partial charge in [0, 0.05) is 35.8 Å². The SMILES string of the molecule is Cc1cc(-c2cc3sc(C(C(=O)NCC(=O)NC4CC4)S(C)(=O)=O)nc3cc2F)ccn1. The molecule has 32 heavy (non-hydrogen) atoms. The molecule has 1 atom stereocenters. The molecule has 168 valence electrons. The molecule has 1 unspecified atom stereocenters. The van der Waals surface area contributed by atoms with Crippen LogP contribution in [0, 0.1) is 12.7 Å². The zero-order chi connectivity index (χ0) is 23.0. The predicted octanol–water partition coefficient (Wildman–Crippen LogP) is 2.29. The van der Waals surface area contributed by atoms with E-state index in [4.69, 9.17) is 0 Å². The number of hydrogen-bond donors (Lipinski definition) is 2. The Kier molecular flexibility index (Phi) is 5.95. The Hall–Kier alpha value is -2.92. The molecule has 1 aliphatic rings. The molecule has 2 heterocycles. The number of sulfone groups is 1. The maximum atomic E-state index is 14.8. The molecule has 1 saturated carbocycles. The molecule has 11 heteroatoms. The molecule has 0 bridgehead atoms. The minimum absolute atomic E-state index is 0.0186. The quantitative estimate of drug-likeness (QED) is 0.540. The normalized spacial score (nSPS) is 14.8. The van der Waals surface area contributed by atoms with Crippen LogP contribution in [0.1, 0.15) is 28.8 Å². The molecule has 0 radical (unpaired) electrons. The number of hydrogen-bond acceptors (Lipinski definition) is 7. The lowest BCUT2D eigenvalue weighted by molar-refractivity contribution is -0.126. The molecule has 0 spiro atoms. The summed E-state index contributed by atoms with van der Waals surface area (Å²) < 4.78 is 40.1. The molecule has 1 aliphatic carbocycles. The molecule has 2 amide bonds. The van der Waals surface area contributed by atoms with E-state index < -0.39 is 26.8 Å². The average molecular weight is 477 g/mol. The van der Waals surface area contributed by atoms with Crippen LogP contribution in [0.2, 0.25) is 0 Å². The standard InChI is InChI=1S/C21H21FN4O4S2/c1-11-7-12(5-6-23-11)14-8-17-16(9-15(14)22)26-21(31-17)19(32(2,29)30)20(28)24-10-18(27)25-13-3-4-13/h5-9,13,19H,3-4,10H2,1-2H3,(H,24,28)(H,25,27). The van der Waals surface area contributed by atoms with E-state index in [0.29, 0.717) is 15.8 Å². The number of fused-ring (bicyclic) bond motifs is 1. The van der Waals surface area contributed by atoms with Crippen molar-refractivity contribution in [3.05, 3.63) is 47.0 Å². The largest absolute Gasteiger partial charge is 0.352 e. The second-order valence-electron chi connectivity index (χ2n) is 7.81. The number of pyridine rings is 1. The number of carbonyl (C=O) groups is 2. The lowest BCUT2D eigenvalue weighted by atomic mass is 10.1. The van der Waals surface area contributed by atoms with Gasteiger partial charge in [-0.05, 0) is 43.5 Å². The van der Waals surface area contributed by atoms with Gasteiger partial charge in [0.05, 0.1) is 16.8 Å². The molecule has 1 aromatic carbocycles. The monoisotopic (exact) mass is 476 g/mol. The number of benzene rings is 1. The number of nitrogens with one attached hydrogen (secondary N) is 2. The third-order valence-corrected chi connectivity index (χ3v) is 7.48. The number of rotatable bonds is 7. The second kappa shape index (κ2) is 8.55. The average Bonchev–Trinajstić information content (AvgIpc) is 3.42. The Morgan fingerprint density at radius 3 is 2.69 bits per heavy atom. The zero-order valence-electron chi connectivity index (χ0n) is 17.4. The number of aromatic nitrogens is 2. The van der Waals surface area contributed by atoms with Crippen LogP contribution in [-0.4, -0.2) is 49.0 Å². The summed E-state index contributed by atoms with van der Waals surface area (Å²) in [7, 11) is -3.90. The molecule has 3 aromatic rings. The minimum Gasteiger partial charge on any atom is -0.352 e. The van der Waals surface area contributed by atoms with Crippen LogP contribution in [0.25, 0.3) is 21.3 Å². The van der Waals surface area contributed by atoms with Gasteiger partial charge in [-0.3, -0.25) is 14.6 Å². The summed E-state index contributed by atoms with van der Waals surface area (Å²) >= 11 is 1.00. The van der Waals surface area contributed by atoms with E-state index in [2.05, 4.69) is 20.6 Å². The molecule has 8 nitrogen and oxygen atoms in total. The Bertz CT molecular complexity index is 1320. The van der Waals surface area contributed by atoms with Gasteiger partial charge in [0.15, 0.2) is 15.1 Å². The van der Waals surface area contributed by atoms with Crippen molar-refractivity contribution in [2.45, 2.75) is 31.1 Å². The first kappa shape index (κ1) is 22.3. The maximum absolute atomic E-state index is 14.8. The summed E-state index contributed by atoms with van der Waals surface area (Å²) in [4.78, 5) is 32.9. The molecular formula is C21H21FN4O4S2. The van der Waals surface area contributed by atoms with Gasteiger partial charge in [-0.1, -0.05) is 0 Å². The molecule has 2 aromatic heterocycles. The van der Waals surface area contributed by atoms with Gasteiger partial charge in [-0.25, -0.2) is 17.8 Å². The molecular weight excluding hydrogens is 455 g/mol. The van der Waals surface area contributed by atoms with Gasteiger partial charge in [0.1, 0.15) is 10.8 Å². The molecule has 0 saturated heterocycles. The Labute approximate surface area is 188 Å². The Morgan fingerprint density at radius 2 is 2.03 bits per heavy atom. The summed E-state index contributed by atoms with van der Waals surface area (Å²) in [5.41, 5.74) is 1.94. The smallest absolute Gasteiger partial charge is 0.245 e. The fourth-order valence-electron chi connectivity index (χ4n) is 3.27. The van der Waals surface area contributed by atoms with E-state index >= 15 is 0 Å². The molecule has 2 N–H and O–H groups in total. The highest BCUT2D eigenvalue weighted by Gasteiger charge is 2.34. The number of halogens is 1. The molecule has 0 aliphatic heterocycles. The van der Waals surface area contributed by atoms with Crippen LogP contribution in [0.4, 0.5) is 4.39 Å². The van der Waals surface area contributed by atoms with E-state index in [0.717, 1.165) is 36.1 Å². The fourth-order valence-corrected chi connectivity index (χ4v) is 5.80. The van der Waals surface area contributed by atoms with Gasteiger partial charge in [-0.2, -0.15) is 0 Å². The van der Waals surface area contributed by atoms with Gasteiger partial charge in [0.25, 0.3) is 0 Å². The van der Waals surface area contributed by atoms with Gasteiger partial charge in [0.2, 0.25) is 11.8 Å². The third kappa shape index (κ3) is 4.94. The van der Waals surface area contributed by atoms with E-state index in [-0.39, 0.29) is 29.0 Å². The van der Waals surface area contributed by atoms with Crippen LogP contribution in [0.5, 0.6) is 0 Å². The number of carbonyl (C=O) groups excluding carboxylic acids is 2. The predicted molar refractivity (Wildman–Crippen MR) is 119 cm³/mol. The Balaban J connectivity index is 1.64. The van der Waals surface area contributed by atoms with Gasteiger partial charge in [-0.15, -0.1) is 11.3 Å². The van der Waals surface area contributed by atoms with Crippen molar-refractivity contribution in [2.24, 2.45) is 0 Å². The molecule has 4 rings (SSSR count).